The summed E-state index contributed by atoms with van der Waals surface area (Å²) in [7, 11) is 0. The third kappa shape index (κ3) is 4.43. The number of aryl methyl sites for hydroxylation is 1. The van der Waals surface area contributed by atoms with E-state index in [2.05, 4.69) is 48.0 Å². The molecule has 8 nitrogen and oxygen atoms in total. The molecule has 2 aliphatic heterocycles. The molecule has 0 bridgehead atoms. The van der Waals surface area contributed by atoms with E-state index in [-0.39, 0.29) is 24.3 Å². The van der Waals surface area contributed by atoms with Crippen LogP contribution in [0.4, 0.5) is 5.69 Å². The van der Waals surface area contributed by atoms with Crippen molar-refractivity contribution in [3.8, 4) is 11.5 Å². The summed E-state index contributed by atoms with van der Waals surface area (Å²) in [6.45, 7) is 6.79. The standard InChI is InChI=1S/C29H28N4O4S/c1-18-4-3-5-22(12-18)32-11-10-31(15-19(32)2)27(34)21-8-6-20(7-9-21)16-33-28(35)23-13-25-26(37-17-36-25)14-24(23)30-29(33)38/h3-9,12-14,19H,10-11,15-17H2,1-2H3,(H,30,38). The monoisotopic (exact) mass is 528 g/mol. The highest BCUT2D eigenvalue weighted by molar-refractivity contribution is 7.71. The van der Waals surface area contributed by atoms with E-state index in [1.165, 1.54) is 15.8 Å². The van der Waals surface area contributed by atoms with Gasteiger partial charge in [0.25, 0.3) is 11.5 Å². The first kappa shape index (κ1) is 24.2. The lowest BCUT2D eigenvalue weighted by Gasteiger charge is -2.41. The Morgan fingerprint density at radius 3 is 2.55 bits per heavy atom. The van der Waals surface area contributed by atoms with E-state index >= 15 is 0 Å². The lowest BCUT2D eigenvalue weighted by atomic mass is 10.1. The molecule has 1 atom stereocenters. The van der Waals surface area contributed by atoms with Gasteiger partial charge in [-0.25, -0.2) is 0 Å². The summed E-state index contributed by atoms with van der Waals surface area (Å²) in [6.07, 6.45) is 0. The number of aromatic amines is 1. The first-order chi connectivity index (χ1) is 18.4. The maximum absolute atomic E-state index is 13.3. The molecule has 4 aromatic rings. The predicted octanol–water partition coefficient (Wildman–Crippen LogP) is 4.50. The van der Waals surface area contributed by atoms with Gasteiger partial charge in [0.05, 0.1) is 17.4 Å². The number of nitrogens with zero attached hydrogens (tertiary/aromatic N) is 3. The fourth-order valence-electron chi connectivity index (χ4n) is 5.24. The first-order valence-corrected chi connectivity index (χ1v) is 13.1. The Labute approximate surface area is 225 Å². The number of fused-ring (bicyclic) bond motifs is 2. The number of piperazine rings is 1. The zero-order valence-electron chi connectivity index (χ0n) is 21.3. The van der Waals surface area contributed by atoms with Crippen molar-refractivity contribution in [1.82, 2.24) is 14.5 Å². The molecule has 38 heavy (non-hydrogen) atoms. The Bertz CT molecular complexity index is 1660. The van der Waals surface area contributed by atoms with Gasteiger partial charge in [-0.05, 0) is 67.5 Å². The van der Waals surface area contributed by atoms with E-state index in [0.29, 0.717) is 52.4 Å². The average Bonchev–Trinajstić information content (AvgIpc) is 3.37. The van der Waals surface area contributed by atoms with Crippen molar-refractivity contribution in [2.75, 3.05) is 31.3 Å². The van der Waals surface area contributed by atoms with Crippen LogP contribution in [0.1, 0.15) is 28.4 Å². The molecule has 1 saturated heterocycles. The summed E-state index contributed by atoms with van der Waals surface area (Å²) in [6, 6.07) is 19.5. The minimum atomic E-state index is -0.206. The topological polar surface area (TPSA) is 79.8 Å². The Morgan fingerprint density at radius 2 is 1.82 bits per heavy atom. The van der Waals surface area contributed by atoms with Gasteiger partial charge in [-0.2, -0.15) is 0 Å². The minimum absolute atomic E-state index is 0.0172. The van der Waals surface area contributed by atoms with Gasteiger partial charge in [0.15, 0.2) is 16.3 Å². The predicted molar refractivity (Wildman–Crippen MR) is 149 cm³/mol. The maximum Gasteiger partial charge on any atom is 0.262 e. The van der Waals surface area contributed by atoms with Gasteiger partial charge in [0, 0.05) is 43.0 Å². The third-order valence-corrected chi connectivity index (χ3v) is 7.59. The molecule has 0 radical (unpaired) electrons. The van der Waals surface area contributed by atoms with Crippen LogP contribution in [0.15, 0.2) is 65.5 Å². The van der Waals surface area contributed by atoms with Crippen LogP contribution in [0.25, 0.3) is 10.9 Å². The van der Waals surface area contributed by atoms with Gasteiger partial charge in [-0.15, -0.1) is 0 Å². The van der Waals surface area contributed by atoms with Gasteiger partial charge in [-0.1, -0.05) is 24.3 Å². The van der Waals surface area contributed by atoms with Gasteiger partial charge < -0.3 is 24.3 Å². The Kier molecular flexibility index (Phi) is 6.15. The summed E-state index contributed by atoms with van der Waals surface area (Å²) in [5, 5.41) is 0.480. The molecular formula is C29H28N4O4S. The zero-order chi connectivity index (χ0) is 26.4. The maximum atomic E-state index is 13.3. The first-order valence-electron chi connectivity index (χ1n) is 12.7. The summed E-state index contributed by atoms with van der Waals surface area (Å²) >= 11 is 5.48. The average molecular weight is 529 g/mol. The lowest BCUT2D eigenvalue weighted by Crippen LogP contribution is -2.53. The fourth-order valence-corrected chi connectivity index (χ4v) is 5.49. The number of nitrogens with one attached hydrogen (secondary N) is 1. The number of ether oxygens (including phenoxy) is 2. The number of hydrogen-bond donors (Lipinski definition) is 1. The molecule has 1 fully saturated rings. The molecule has 1 N–H and O–H groups in total. The molecule has 6 rings (SSSR count). The number of amides is 1. The Balaban J connectivity index is 1.17. The Morgan fingerprint density at radius 1 is 1.05 bits per heavy atom. The number of aromatic nitrogens is 2. The number of carbonyl (C=O) groups is 1. The van der Waals surface area contributed by atoms with Crippen LogP contribution in [0.3, 0.4) is 0 Å². The second kappa shape index (κ2) is 9.64. The number of benzene rings is 3. The number of carbonyl (C=O) groups excluding carboxylic acids is 1. The van der Waals surface area contributed by atoms with E-state index in [0.717, 1.165) is 12.1 Å². The van der Waals surface area contributed by atoms with Crippen molar-refractivity contribution in [2.45, 2.75) is 26.4 Å². The third-order valence-electron chi connectivity index (χ3n) is 7.26. The lowest BCUT2D eigenvalue weighted by molar-refractivity contribution is 0.0726. The second-order valence-corrected chi connectivity index (χ2v) is 10.3. The highest BCUT2D eigenvalue weighted by atomic mass is 32.1. The number of hydrogen-bond acceptors (Lipinski definition) is 6. The smallest absolute Gasteiger partial charge is 0.262 e. The molecular weight excluding hydrogens is 500 g/mol. The van der Waals surface area contributed by atoms with Crippen molar-refractivity contribution in [3.05, 3.63) is 92.5 Å². The van der Waals surface area contributed by atoms with Gasteiger partial charge in [0.1, 0.15) is 0 Å². The van der Waals surface area contributed by atoms with Crippen molar-refractivity contribution < 1.29 is 14.3 Å². The van der Waals surface area contributed by atoms with E-state index in [9.17, 15) is 9.59 Å². The number of anilines is 1. The van der Waals surface area contributed by atoms with E-state index in [4.69, 9.17) is 21.7 Å². The summed E-state index contributed by atoms with van der Waals surface area (Å²) in [5.74, 6) is 1.15. The highest BCUT2D eigenvalue weighted by Gasteiger charge is 2.27. The molecule has 2 aliphatic rings. The van der Waals surface area contributed by atoms with Gasteiger partial charge >= 0.3 is 0 Å². The quantitative estimate of drug-likeness (QED) is 0.393. The SMILES string of the molecule is Cc1cccc(N2CCN(C(=O)c3ccc(Cn4c(=S)[nH]c5cc6c(cc5c4=O)OCO6)cc3)CC2C)c1. The van der Waals surface area contributed by atoms with Crippen molar-refractivity contribution in [1.29, 1.82) is 0 Å². The molecule has 0 aliphatic carbocycles. The van der Waals surface area contributed by atoms with Crippen LogP contribution < -0.4 is 19.9 Å². The zero-order valence-corrected chi connectivity index (χ0v) is 22.1. The molecule has 3 aromatic carbocycles. The minimum Gasteiger partial charge on any atom is -0.454 e. The summed E-state index contributed by atoms with van der Waals surface area (Å²) in [5.41, 5.74) is 4.34. The largest absolute Gasteiger partial charge is 0.454 e. The van der Waals surface area contributed by atoms with E-state index in [1.54, 1.807) is 12.1 Å². The normalized spacial score (nSPS) is 16.7. The molecule has 1 unspecified atom stereocenters. The van der Waals surface area contributed by atoms with Crippen molar-refractivity contribution in [3.63, 3.8) is 0 Å². The molecule has 1 amide bonds. The Hall–Kier alpha value is -4.11. The van der Waals surface area contributed by atoms with Crippen LogP contribution in [-0.4, -0.2) is 52.8 Å². The van der Waals surface area contributed by atoms with Gasteiger partial charge in [0.2, 0.25) is 6.79 Å². The summed E-state index contributed by atoms with van der Waals surface area (Å²) < 4.78 is 12.7. The van der Waals surface area contributed by atoms with Crippen LogP contribution in [0.5, 0.6) is 11.5 Å². The fraction of sp³-hybridized carbons (Fsp3) is 0.276. The van der Waals surface area contributed by atoms with E-state index < -0.39 is 0 Å². The molecule has 0 spiro atoms. The molecule has 0 saturated carbocycles. The van der Waals surface area contributed by atoms with Crippen LogP contribution in [-0.2, 0) is 6.54 Å². The van der Waals surface area contributed by atoms with Crippen LogP contribution >= 0.6 is 12.2 Å². The number of rotatable bonds is 4. The highest BCUT2D eigenvalue weighted by Crippen LogP contribution is 2.34. The van der Waals surface area contributed by atoms with Crippen LogP contribution in [0.2, 0.25) is 0 Å². The van der Waals surface area contributed by atoms with Crippen LogP contribution in [0, 0.1) is 11.7 Å². The molecule has 3 heterocycles. The second-order valence-electron chi connectivity index (χ2n) is 9.90. The molecule has 194 valence electrons. The van der Waals surface area contributed by atoms with Crippen molar-refractivity contribution >= 4 is 34.7 Å². The van der Waals surface area contributed by atoms with E-state index in [1.807, 2.05) is 29.2 Å². The number of H-pyrrole nitrogens is 1. The molecule has 9 heteroatoms. The molecule has 1 aromatic heterocycles. The van der Waals surface area contributed by atoms with Crippen molar-refractivity contribution in [2.24, 2.45) is 0 Å². The van der Waals surface area contributed by atoms with Gasteiger partial charge in [-0.3, -0.25) is 14.2 Å². The summed E-state index contributed by atoms with van der Waals surface area (Å²) in [4.78, 5) is 33.9.